The lowest BCUT2D eigenvalue weighted by Crippen LogP contribution is -2.48. The second kappa shape index (κ2) is 6.65. The number of rotatable bonds is 4. The molecule has 1 fully saturated rings. The van der Waals surface area contributed by atoms with Crippen LogP contribution in [0.1, 0.15) is 17.2 Å². The summed E-state index contributed by atoms with van der Waals surface area (Å²) in [6.45, 7) is 4.02. The average Bonchev–Trinajstić information content (AvgIpc) is 2.46. The lowest BCUT2D eigenvalue weighted by atomic mass is 10.1. The van der Waals surface area contributed by atoms with Gasteiger partial charge in [-0.3, -0.25) is 4.79 Å². The Bertz CT molecular complexity index is 413. The van der Waals surface area contributed by atoms with Crippen molar-refractivity contribution in [3.8, 4) is 0 Å². The monoisotopic (exact) mass is 264 g/mol. The number of aliphatic hydroxyl groups excluding tert-OH is 1. The van der Waals surface area contributed by atoms with Crippen LogP contribution in [0.3, 0.4) is 0 Å². The van der Waals surface area contributed by atoms with Crippen LogP contribution in [-0.4, -0.2) is 43.4 Å². The summed E-state index contributed by atoms with van der Waals surface area (Å²) in [7, 11) is 0. The van der Waals surface area contributed by atoms with Crippen molar-refractivity contribution in [3.63, 3.8) is 0 Å². The highest BCUT2D eigenvalue weighted by Crippen LogP contribution is 2.12. The Labute approximate surface area is 113 Å². The molecule has 0 bridgehead atoms. The second-order valence-corrected chi connectivity index (χ2v) is 4.74. The molecular formula is C14H20N2O3. The number of hydrogen-bond donors (Lipinski definition) is 3. The first kappa shape index (κ1) is 14.0. The van der Waals surface area contributed by atoms with E-state index in [9.17, 15) is 9.90 Å². The number of carbonyl (C=O) groups is 1. The van der Waals surface area contributed by atoms with E-state index < -0.39 is 12.2 Å². The van der Waals surface area contributed by atoms with E-state index in [1.54, 1.807) is 0 Å². The number of aliphatic hydroxyl groups is 1. The van der Waals surface area contributed by atoms with Crippen molar-refractivity contribution < 1.29 is 14.6 Å². The minimum atomic E-state index is -0.693. The summed E-state index contributed by atoms with van der Waals surface area (Å²) in [6.07, 6.45) is -1.15. The fraction of sp³-hybridized carbons (Fsp3) is 0.500. The molecule has 0 radical (unpaired) electrons. The fourth-order valence-electron chi connectivity index (χ4n) is 1.95. The molecule has 3 N–H and O–H groups in total. The largest absolute Gasteiger partial charge is 0.387 e. The van der Waals surface area contributed by atoms with Crippen molar-refractivity contribution in [3.05, 3.63) is 35.4 Å². The molecule has 1 aromatic rings. The van der Waals surface area contributed by atoms with Crippen molar-refractivity contribution in [2.24, 2.45) is 0 Å². The second-order valence-electron chi connectivity index (χ2n) is 4.74. The Morgan fingerprint density at radius 1 is 1.53 bits per heavy atom. The molecule has 1 heterocycles. The van der Waals surface area contributed by atoms with Crippen LogP contribution in [0, 0.1) is 6.92 Å². The molecule has 5 heteroatoms. The Morgan fingerprint density at radius 2 is 2.26 bits per heavy atom. The minimum Gasteiger partial charge on any atom is -0.387 e. The van der Waals surface area contributed by atoms with Crippen molar-refractivity contribution in [1.82, 2.24) is 10.6 Å². The Hall–Kier alpha value is -1.43. The topological polar surface area (TPSA) is 70.6 Å². The molecule has 1 aliphatic heterocycles. The zero-order valence-electron chi connectivity index (χ0n) is 11.1. The zero-order chi connectivity index (χ0) is 13.7. The molecule has 1 aromatic carbocycles. The van der Waals surface area contributed by atoms with E-state index in [2.05, 4.69) is 10.6 Å². The van der Waals surface area contributed by atoms with Crippen LogP contribution < -0.4 is 10.6 Å². The van der Waals surface area contributed by atoms with Crippen LogP contribution in [0.5, 0.6) is 0 Å². The number of ether oxygens (including phenoxy) is 1. The molecule has 2 atom stereocenters. The highest BCUT2D eigenvalue weighted by molar-refractivity contribution is 5.81. The molecule has 0 aromatic heterocycles. The standard InChI is InChI=1S/C14H20N2O3/c1-10-2-4-11(5-3-10)12(17)8-16-14(18)13-9-15-6-7-19-13/h2-5,12-13,15,17H,6-9H2,1H3,(H,16,18)/t12-,13-/m0/s1. The van der Waals surface area contributed by atoms with E-state index in [1.165, 1.54) is 0 Å². The van der Waals surface area contributed by atoms with E-state index in [4.69, 9.17) is 4.74 Å². The van der Waals surface area contributed by atoms with Gasteiger partial charge in [0, 0.05) is 19.6 Å². The lowest BCUT2D eigenvalue weighted by molar-refractivity contribution is -0.134. The van der Waals surface area contributed by atoms with E-state index in [1.807, 2.05) is 31.2 Å². The average molecular weight is 264 g/mol. The third kappa shape index (κ3) is 4.02. The van der Waals surface area contributed by atoms with Gasteiger partial charge < -0.3 is 20.5 Å². The van der Waals surface area contributed by atoms with Gasteiger partial charge in [-0.15, -0.1) is 0 Å². The first-order valence-electron chi connectivity index (χ1n) is 6.51. The first-order valence-corrected chi connectivity index (χ1v) is 6.51. The number of benzene rings is 1. The molecule has 0 spiro atoms. The Morgan fingerprint density at radius 3 is 2.89 bits per heavy atom. The van der Waals surface area contributed by atoms with Gasteiger partial charge in [-0.1, -0.05) is 29.8 Å². The summed E-state index contributed by atoms with van der Waals surface area (Å²) >= 11 is 0. The molecule has 0 unspecified atom stereocenters. The van der Waals surface area contributed by atoms with Gasteiger partial charge in [-0.2, -0.15) is 0 Å². The van der Waals surface area contributed by atoms with Crippen molar-refractivity contribution in [2.45, 2.75) is 19.1 Å². The highest BCUT2D eigenvalue weighted by Gasteiger charge is 2.22. The Balaban J connectivity index is 1.80. The van der Waals surface area contributed by atoms with Gasteiger partial charge in [0.2, 0.25) is 0 Å². The van der Waals surface area contributed by atoms with Crippen molar-refractivity contribution >= 4 is 5.91 Å². The maximum absolute atomic E-state index is 11.8. The van der Waals surface area contributed by atoms with E-state index in [-0.39, 0.29) is 12.5 Å². The minimum absolute atomic E-state index is 0.182. The molecule has 0 saturated carbocycles. The lowest BCUT2D eigenvalue weighted by Gasteiger charge is -2.23. The molecule has 104 valence electrons. The van der Waals surface area contributed by atoms with Gasteiger partial charge in [0.15, 0.2) is 0 Å². The predicted molar refractivity (Wildman–Crippen MR) is 71.8 cm³/mol. The van der Waals surface area contributed by atoms with Gasteiger partial charge in [-0.25, -0.2) is 0 Å². The Kier molecular flexibility index (Phi) is 4.90. The fourth-order valence-corrected chi connectivity index (χ4v) is 1.95. The molecular weight excluding hydrogens is 244 g/mol. The third-order valence-electron chi connectivity index (χ3n) is 3.15. The van der Waals surface area contributed by atoms with Crippen LogP contribution in [0.15, 0.2) is 24.3 Å². The van der Waals surface area contributed by atoms with E-state index in [0.29, 0.717) is 13.2 Å². The quantitative estimate of drug-likeness (QED) is 0.723. The molecule has 5 nitrogen and oxygen atoms in total. The van der Waals surface area contributed by atoms with Crippen LogP contribution in [0.2, 0.25) is 0 Å². The summed E-state index contributed by atoms with van der Waals surface area (Å²) in [6, 6.07) is 7.61. The van der Waals surface area contributed by atoms with Crippen molar-refractivity contribution in [1.29, 1.82) is 0 Å². The summed E-state index contributed by atoms with van der Waals surface area (Å²) in [5.41, 5.74) is 1.94. The number of morpholine rings is 1. The summed E-state index contributed by atoms with van der Waals surface area (Å²) in [4.78, 5) is 11.8. The van der Waals surface area contributed by atoms with E-state index >= 15 is 0 Å². The van der Waals surface area contributed by atoms with Crippen molar-refractivity contribution in [2.75, 3.05) is 26.2 Å². The molecule has 19 heavy (non-hydrogen) atoms. The number of carbonyl (C=O) groups excluding carboxylic acids is 1. The molecule has 1 aliphatic rings. The van der Waals surface area contributed by atoms with Gasteiger partial charge in [0.25, 0.3) is 5.91 Å². The zero-order valence-corrected chi connectivity index (χ0v) is 11.1. The van der Waals surface area contributed by atoms with Gasteiger partial charge >= 0.3 is 0 Å². The number of amides is 1. The smallest absolute Gasteiger partial charge is 0.250 e. The molecule has 1 amide bonds. The first-order chi connectivity index (χ1) is 9.16. The maximum Gasteiger partial charge on any atom is 0.250 e. The maximum atomic E-state index is 11.8. The summed E-state index contributed by atoms with van der Waals surface area (Å²) < 4.78 is 5.34. The summed E-state index contributed by atoms with van der Waals surface area (Å²) in [5, 5.41) is 15.8. The summed E-state index contributed by atoms with van der Waals surface area (Å²) in [5.74, 6) is -0.182. The number of aryl methyl sites for hydroxylation is 1. The third-order valence-corrected chi connectivity index (χ3v) is 3.15. The number of nitrogens with one attached hydrogen (secondary N) is 2. The van der Waals surface area contributed by atoms with Crippen LogP contribution in [0.4, 0.5) is 0 Å². The molecule has 2 rings (SSSR count). The molecule has 0 aliphatic carbocycles. The number of hydrogen-bond acceptors (Lipinski definition) is 4. The SMILES string of the molecule is Cc1ccc([C@@H](O)CNC(=O)[C@@H]2CNCCO2)cc1. The van der Waals surface area contributed by atoms with Crippen LogP contribution in [0.25, 0.3) is 0 Å². The van der Waals surface area contributed by atoms with Gasteiger partial charge in [-0.05, 0) is 12.5 Å². The highest BCUT2D eigenvalue weighted by atomic mass is 16.5. The normalized spacial score (nSPS) is 20.8. The van der Waals surface area contributed by atoms with Crippen LogP contribution >= 0.6 is 0 Å². The van der Waals surface area contributed by atoms with Crippen LogP contribution in [-0.2, 0) is 9.53 Å². The van der Waals surface area contributed by atoms with E-state index in [0.717, 1.165) is 17.7 Å². The van der Waals surface area contributed by atoms with Gasteiger partial charge in [0.1, 0.15) is 6.10 Å². The predicted octanol–water partition coefficient (Wildman–Crippen LogP) is 0.133. The van der Waals surface area contributed by atoms with Gasteiger partial charge in [0.05, 0.1) is 12.7 Å². The molecule has 1 saturated heterocycles.